The van der Waals surface area contributed by atoms with E-state index in [4.69, 9.17) is 5.73 Å². The fourth-order valence-corrected chi connectivity index (χ4v) is 3.32. The number of urea groups is 1. The average molecular weight is 317 g/mol. The van der Waals surface area contributed by atoms with Crippen LogP contribution in [0.5, 0.6) is 0 Å². The molecular weight excluding hydrogens is 290 g/mol. The Morgan fingerprint density at radius 3 is 2.78 bits per heavy atom. The standard InChI is InChI=1S/C18H27N3O2/c1-3-14-8-6-10-21(12-14)17(22)11-16(20-18(19)23)15-9-5-4-7-13(15)2/h4-5,7,9,14,16H,3,6,8,10-12H2,1-2H3,(H3,19,20,23). The summed E-state index contributed by atoms with van der Waals surface area (Å²) in [6.45, 7) is 5.78. The van der Waals surface area contributed by atoms with Crippen molar-refractivity contribution in [2.45, 2.75) is 45.6 Å². The summed E-state index contributed by atoms with van der Waals surface area (Å²) >= 11 is 0. The summed E-state index contributed by atoms with van der Waals surface area (Å²) in [5.41, 5.74) is 7.30. The number of amides is 3. The number of hydrogen-bond acceptors (Lipinski definition) is 2. The molecule has 0 spiro atoms. The molecule has 1 aromatic carbocycles. The van der Waals surface area contributed by atoms with E-state index in [2.05, 4.69) is 12.2 Å². The van der Waals surface area contributed by atoms with Crippen LogP contribution >= 0.6 is 0 Å². The molecule has 1 aromatic rings. The Kier molecular flexibility index (Phi) is 6.02. The second-order valence-electron chi connectivity index (χ2n) is 6.38. The number of hydrogen-bond donors (Lipinski definition) is 2. The predicted octanol–water partition coefficient (Wildman–Crippen LogP) is 2.74. The van der Waals surface area contributed by atoms with Gasteiger partial charge in [0.15, 0.2) is 0 Å². The van der Waals surface area contributed by atoms with Gasteiger partial charge < -0.3 is 16.0 Å². The van der Waals surface area contributed by atoms with E-state index >= 15 is 0 Å². The van der Waals surface area contributed by atoms with E-state index in [0.29, 0.717) is 5.92 Å². The summed E-state index contributed by atoms with van der Waals surface area (Å²) in [6.07, 6.45) is 3.61. The maximum absolute atomic E-state index is 12.7. The lowest BCUT2D eigenvalue weighted by atomic mass is 9.94. The number of carbonyl (C=O) groups excluding carboxylic acids is 2. The van der Waals surface area contributed by atoms with Crippen LogP contribution in [0.1, 0.15) is 49.8 Å². The molecule has 126 valence electrons. The first-order chi connectivity index (χ1) is 11.0. The molecule has 3 amide bonds. The van der Waals surface area contributed by atoms with Gasteiger partial charge in [-0.1, -0.05) is 37.6 Å². The second-order valence-corrected chi connectivity index (χ2v) is 6.38. The van der Waals surface area contributed by atoms with E-state index in [1.54, 1.807) is 0 Å². The summed E-state index contributed by atoms with van der Waals surface area (Å²) in [6, 6.07) is 6.80. The van der Waals surface area contributed by atoms with Crippen molar-refractivity contribution in [2.75, 3.05) is 13.1 Å². The number of primary amides is 1. The second kappa shape index (κ2) is 7.99. The highest BCUT2D eigenvalue weighted by atomic mass is 16.2. The molecule has 0 aromatic heterocycles. The Morgan fingerprint density at radius 2 is 2.13 bits per heavy atom. The number of piperidine rings is 1. The van der Waals surface area contributed by atoms with Crippen molar-refractivity contribution in [3.05, 3.63) is 35.4 Å². The third-order valence-corrected chi connectivity index (χ3v) is 4.71. The lowest BCUT2D eigenvalue weighted by Crippen LogP contribution is -2.42. The number of rotatable bonds is 5. The van der Waals surface area contributed by atoms with Gasteiger partial charge in [-0.25, -0.2) is 4.79 Å². The Bertz CT molecular complexity index is 559. The van der Waals surface area contributed by atoms with Crippen molar-refractivity contribution < 1.29 is 9.59 Å². The Morgan fingerprint density at radius 1 is 1.39 bits per heavy atom. The van der Waals surface area contributed by atoms with Crippen molar-refractivity contribution >= 4 is 11.9 Å². The van der Waals surface area contributed by atoms with E-state index in [0.717, 1.165) is 37.1 Å². The van der Waals surface area contributed by atoms with Gasteiger partial charge in [-0.05, 0) is 36.8 Å². The third kappa shape index (κ3) is 4.71. The minimum atomic E-state index is -0.601. The van der Waals surface area contributed by atoms with Gasteiger partial charge in [0.2, 0.25) is 5.91 Å². The first kappa shape index (κ1) is 17.3. The van der Waals surface area contributed by atoms with Gasteiger partial charge in [-0.3, -0.25) is 4.79 Å². The zero-order valence-corrected chi connectivity index (χ0v) is 14.0. The zero-order chi connectivity index (χ0) is 16.8. The number of nitrogens with zero attached hydrogens (tertiary/aromatic N) is 1. The number of benzene rings is 1. The number of nitrogens with two attached hydrogens (primary N) is 1. The fraction of sp³-hybridized carbons (Fsp3) is 0.556. The van der Waals surface area contributed by atoms with E-state index in [-0.39, 0.29) is 18.4 Å². The number of aryl methyl sites for hydroxylation is 1. The van der Waals surface area contributed by atoms with Crippen molar-refractivity contribution in [3.63, 3.8) is 0 Å². The van der Waals surface area contributed by atoms with E-state index in [1.165, 1.54) is 6.42 Å². The highest BCUT2D eigenvalue weighted by molar-refractivity contribution is 5.79. The maximum atomic E-state index is 12.7. The SMILES string of the molecule is CCC1CCCN(C(=O)CC(NC(N)=O)c2ccccc2C)C1. The van der Waals surface area contributed by atoms with E-state index < -0.39 is 6.03 Å². The predicted molar refractivity (Wildman–Crippen MR) is 90.9 cm³/mol. The van der Waals surface area contributed by atoms with Crippen molar-refractivity contribution in [3.8, 4) is 0 Å². The summed E-state index contributed by atoms with van der Waals surface area (Å²) in [5, 5.41) is 2.72. The molecule has 23 heavy (non-hydrogen) atoms. The van der Waals surface area contributed by atoms with Crippen molar-refractivity contribution in [1.29, 1.82) is 0 Å². The first-order valence-electron chi connectivity index (χ1n) is 8.40. The summed E-state index contributed by atoms with van der Waals surface area (Å²) in [5.74, 6) is 0.680. The van der Waals surface area contributed by atoms with Crippen LogP contribution in [0.25, 0.3) is 0 Å². The van der Waals surface area contributed by atoms with Gasteiger partial charge in [-0.15, -0.1) is 0 Å². The molecule has 0 radical (unpaired) electrons. The topological polar surface area (TPSA) is 75.4 Å². The quantitative estimate of drug-likeness (QED) is 0.876. The van der Waals surface area contributed by atoms with E-state index in [9.17, 15) is 9.59 Å². The van der Waals surface area contributed by atoms with Crippen LogP contribution in [0.3, 0.4) is 0 Å². The first-order valence-corrected chi connectivity index (χ1v) is 8.40. The molecule has 1 heterocycles. The maximum Gasteiger partial charge on any atom is 0.312 e. The Hall–Kier alpha value is -2.04. The Balaban J connectivity index is 2.10. The van der Waals surface area contributed by atoms with Gasteiger partial charge in [0.25, 0.3) is 0 Å². The van der Waals surface area contributed by atoms with Gasteiger partial charge >= 0.3 is 6.03 Å². The summed E-state index contributed by atoms with van der Waals surface area (Å²) in [4.78, 5) is 25.9. The van der Waals surface area contributed by atoms with Gasteiger partial charge in [0.05, 0.1) is 12.5 Å². The molecule has 5 nitrogen and oxygen atoms in total. The van der Waals surface area contributed by atoms with Crippen LogP contribution in [0.4, 0.5) is 4.79 Å². The van der Waals surface area contributed by atoms with Gasteiger partial charge in [0.1, 0.15) is 0 Å². The minimum absolute atomic E-state index is 0.0881. The van der Waals surface area contributed by atoms with Crippen LogP contribution < -0.4 is 11.1 Å². The molecule has 1 fully saturated rings. The van der Waals surface area contributed by atoms with E-state index in [1.807, 2.05) is 36.1 Å². The van der Waals surface area contributed by atoms with Gasteiger partial charge in [0, 0.05) is 13.1 Å². The largest absolute Gasteiger partial charge is 0.352 e. The highest BCUT2D eigenvalue weighted by Gasteiger charge is 2.26. The fourth-order valence-electron chi connectivity index (χ4n) is 3.32. The molecule has 0 bridgehead atoms. The monoisotopic (exact) mass is 317 g/mol. The molecule has 0 saturated carbocycles. The normalized spacial score (nSPS) is 19.2. The molecule has 2 rings (SSSR count). The smallest absolute Gasteiger partial charge is 0.312 e. The van der Waals surface area contributed by atoms with Gasteiger partial charge in [-0.2, -0.15) is 0 Å². The molecule has 1 aliphatic rings. The number of carbonyl (C=O) groups is 2. The average Bonchev–Trinajstić information content (AvgIpc) is 2.54. The van der Waals surface area contributed by atoms with Crippen LogP contribution in [0.15, 0.2) is 24.3 Å². The molecule has 1 aliphatic heterocycles. The summed E-state index contributed by atoms with van der Waals surface area (Å²) < 4.78 is 0. The van der Waals surface area contributed by atoms with Crippen molar-refractivity contribution in [1.82, 2.24) is 10.2 Å². The number of likely N-dealkylation sites (tertiary alicyclic amines) is 1. The molecule has 0 aliphatic carbocycles. The zero-order valence-electron chi connectivity index (χ0n) is 14.0. The van der Waals surface area contributed by atoms with Crippen LogP contribution in [-0.2, 0) is 4.79 Å². The van der Waals surface area contributed by atoms with Crippen LogP contribution in [0.2, 0.25) is 0 Å². The summed E-state index contributed by atoms with van der Waals surface area (Å²) in [7, 11) is 0. The molecule has 5 heteroatoms. The van der Waals surface area contributed by atoms with Crippen molar-refractivity contribution in [2.24, 2.45) is 11.7 Å². The lowest BCUT2D eigenvalue weighted by molar-refractivity contribution is -0.133. The molecule has 3 N–H and O–H groups in total. The Labute approximate surface area is 138 Å². The highest BCUT2D eigenvalue weighted by Crippen LogP contribution is 2.24. The van der Waals surface area contributed by atoms with Crippen LogP contribution in [0, 0.1) is 12.8 Å². The molecular formula is C18H27N3O2. The molecule has 2 unspecified atom stereocenters. The molecule has 2 atom stereocenters. The number of nitrogens with one attached hydrogen (secondary N) is 1. The lowest BCUT2D eigenvalue weighted by Gasteiger charge is -2.33. The third-order valence-electron chi connectivity index (χ3n) is 4.71. The van der Waals surface area contributed by atoms with Crippen LogP contribution in [-0.4, -0.2) is 29.9 Å². The molecule has 1 saturated heterocycles. The minimum Gasteiger partial charge on any atom is -0.352 e.